The Morgan fingerprint density at radius 1 is 0.462 bits per heavy atom. The molecule has 3 aromatic heterocycles. The first-order chi connectivity index (χ1) is 44.8. The van der Waals surface area contributed by atoms with E-state index in [0.29, 0.717) is 105 Å². The van der Waals surface area contributed by atoms with Crippen molar-refractivity contribution in [1.29, 1.82) is 0 Å². The number of hydrogen-bond acceptors (Lipinski definition) is 15. The van der Waals surface area contributed by atoms with Crippen molar-refractivity contribution in [3.63, 3.8) is 0 Å². The van der Waals surface area contributed by atoms with Crippen LogP contribution in [0.2, 0.25) is 0 Å². The van der Waals surface area contributed by atoms with Gasteiger partial charge in [0.05, 0.1) is 56.3 Å². The van der Waals surface area contributed by atoms with Crippen molar-refractivity contribution in [2.24, 2.45) is 0 Å². The molecule has 2 unspecified atom stereocenters. The number of halogens is 6. The Morgan fingerprint density at radius 2 is 0.839 bits per heavy atom. The van der Waals surface area contributed by atoms with E-state index in [4.69, 9.17) is 41.4 Å². The summed E-state index contributed by atoms with van der Waals surface area (Å²) in [5.74, 6) is 4.71. The number of imidazole rings is 3. The Hall–Kier alpha value is -8.04. The molecule has 0 radical (unpaired) electrons. The van der Waals surface area contributed by atoms with E-state index in [1.165, 1.54) is 31.0 Å². The maximum Gasteiger partial charge on any atom is 0.265 e. The minimum absolute atomic E-state index is 0.0233. The highest BCUT2D eigenvalue weighted by atomic mass is 19.3. The van der Waals surface area contributed by atoms with Crippen LogP contribution in [0.25, 0.3) is 0 Å². The molecule has 0 spiro atoms. The van der Waals surface area contributed by atoms with Crippen molar-refractivity contribution in [1.82, 2.24) is 43.4 Å². The van der Waals surface area contributed by atoms with Crippen LogP contribution in [-0.4, -0.2) is 140 Å². The largest absolute Gasteiger partial charge is 0.398 e. The molecule has 15 rings (SSSR count). The van der Waals surface area contributed by atoms with E-state index in [2.05, 4.69) is 14.1 Å². The van der Waals surface area contributed by atoms with Gasteiger partial charge in [-0.1, -0.05) is 0 Å². The zero-order valence-corrected chi connectivity index (χ0v) is 53.0. The summed E-state index contributed by atoms with van der Waals surface area (Å²) in [6.45, 7) is 16.9. The average Bonchev–Trinajstić information content (AvgIpc) is 1.65. The Labute approximate surface area is 536 Å². The van der Waals surface area contributed by atoms with Crippen molar-refractivity contribution in [3.05, 3.63) is 105 Å². The summed E-state index contributed by atoms with van der Waals surface area (Å²) in [6.07, 6.45) is 3.29. The van der Waals surface area contributed by atoms with Crippen LogP contribution in [0.5, 0.6) is 0 Å². The van der Waals surface area contributed by atoms with Gasteiger partial charge in [0, 0.05) is 169 Å². The van der Waals surface area contributed by atoms with E-state index in [0.717, 1.165) is 145 Å². The third-order valence-corrected chi connectivity index (χ3v) is 19.3. The molecule has 3 aromatic carbocycles. The van der Waals surface area contributed by atoms with Crippen LogP contribution in [0.1, 0.15) is 159 Å². The molecule has 9 aliphatic rings. The second-order valence-electron chi connectivity index (χ2n) is 25.3. The molecular weight excluding hydrogens is 1210 g/mol. The number of anilines is 9. The number of carbonyl (C=O) groups is 3. The quantitative estimate of drug-likeness (QED) is 0.0951. The van der Waals surface area contributed by atoms with E-state index in [9.17, 15) is 40.7 Å². The zero-order valence-electron chi connectivity index (χ0n) is 53.0. The van der Waals surface area contributed by atoms with Crippen LogP contribution in [0.3, 0.4) is 0 Å². The average molecular weight is 1300 g/mol. The predicted molar refractivity (Wildman–Crippen MR) is 340 cm³/mol. The summed E-state index contributed by atoms with van der Waals surface area (Å²) in [4.78, 5) is 62.0. The number of amides is 3. The molecule has 27 heteroatoms. The number of rotatable bonds is 8. The van der Waals surface area contributed by atoms with E-state index >= 15 is 0 Å². The van der Waals surface area contributed by atoms with Crippen molar-refractivity contribution in [2.45, 2.75) is 155 Å². The normalized spacial score (nSPS) is 19.8. The maximum absolute atomic E-state index is 13.6. The van der Waals surface area contributed by atoms with Gasteiger partial charge in [0.2, 0.25) is 17.7 Å². The topological polar surface area (TPSA) is 230 Å². The van der Waals surface area contributed by atoms with Gasteiger partial charge in [-0.15, -0.1) is 0 Å². The molecule has 0 bridgehead atoms. The van der Waals surface area contributed by atoms with Gasteiger partial charge in [0.1, 0.15) is 11.6 Å². The molecule has 12 heterocycles. The number of carbonyl (C=O) groups excluding carboxylic acids is 3. The minimum atomic E-state index is -2.63. The van der Waals surface area contributed by atoms with Gasteiger partial charge in [0.15, 0.2) is 17.5 Å². The lowest BCUT2D eigenvalue weighted by molar-refractivity contribution is -0.131. The van der Waals surface area contributed by atoms with Crippen LogP contribution >= 0.6 is 0 Å². The summed E-state index contributed by atoms with van der Waals surface area (Å²) >= 11 is 0. The first kappa shape index (κ1) is 65.0. The molecule has 0 saturated carbocycles. The molecule has 2 atom stereocenters. The number of fused-ring (bicyclic) bond motifs is 6. The summed E-state index contributed by atoms with van der Waals surface area (Å²) < 4.78 is 104. The van der Waals surface area contributed by atoms with Crippen LogP contribution in [0.4, 0.5) is 77.9 Å². The van der Waals surface area contributed by atoms with Crippen LogP contribution in [-0.2, 0) is 87.1 Å². The van der Waals surface area contributed by atoms with Gasteiger partial charge in [-0.25, -0.2) is 41.3 Å². The lowest BCUT2D eigenvalue weighted by atomic mass is 9.98. The number of hydrogen-bond donors (Lipinski definition) is 3. The summed E-state index contributed by atoms with van der Waals surface area (Å²) in [7, 11) is 0. The van der Waals surface area contributed by atoms with E-state index in [1.54, 1.807) is 50.2 Å². The zero-order chi connectivity index (χ0) is 65.4. The second-order valence-corrected chi connectivity index (χ2v) is 25.3. The van der Waals surface area contributed by atoms with Gasteiger partial charge >= 0.3 is 0 Å². The van der Waals surface area contributed by atoms with Gasteiger partial charge < -0.3 is 74.5 Å². The van der Waals surface area contributed by atoms with Crippen molar-refractivity contribution in [3.8, 4) is 0 Å². The highest BCUT2D eigenvalue weighted by molar-refractivity contribution is 5.78. The van der Waals surface area contributed by atoms with E-state index < -0.39 is 19.3 Å². The van der Waals surface area contributed by atoms with Gasteiger partial charge in [-0.05, 0) is 117 Å². The van der Waals surface area contributed by atoms with Crippen LogP contribution < -0.4 is 31.9 Å². The van der Waals surface area contributed by atoms with Crippen molar-refractivity contribution >= 4 is 69.3 Å². The number of aromatic nitrogens is 6. The number of nitrogens with two attached hydrogens (primary N) is 3. The van der Waals surface area contributed by atoms with Crippen LogP contribution in [0, 0.1) is 0 Å². The molecule has 93 heavy (non-hydrogen) atoms. The van der Waals surface area contributed by atoms with E-state index in [-0.39, 0.29) is 63.3 Å². The molecule has 500 valence electrons. The fourth-order valence-electron chi connectivity index (χ4n) is 14.3. The van der Waals surface area contributed by atoms with Gasteiger partial charge in [-0.3, -0.25) is 14.4 Å². The third-order valence-electron chi connectivity index (χ3n) is 19.3. The van der Waals surface area contributed by atoms with Crippen LogP contribution in [0.15, 0.2) is 42.7 Å². The number of nitrogens with zero attached hydrogens (tertiary/aromatic N) is 12. The number of alkyl halides is 6. The molecule has 21 nitrogen and oxygen atoms in total. The lowest BCUT2D eigenvalue weighted by Crippen LogP contribution is -2.38. The lowest BCUT2D eigenvalue weighted by Gasteiger charge is -2.34. The number of benzene rings is 3. The highest BCUT2D eigenvalue weighted by Gasteiger charge is 2.38. The molecule has 3 fully saturated rings. The molecule has 3 amide bonds. The van der Waals surface area contributed by atoms with Gasteiger partial charge in [-0.2, -0.15) is 0 Å². The minimum Gasteiger partial charge on any atom is -0.398 e. The fourth-order valence-corrected chi connectivity index (χ4v) is 14.3. The molecule has 6 aromatic rings. The maximum atomic E-state index is 13.6. The van der Waals surface area contributed by atoms with Crippen molar-refractivity contribution in [2.75, 3.05) is 111 Å². The smallest absolute Gasteiger partial charge is 0.265 e. The number of nitrogen functional groups attached to an aromatic ring is 3. The Bertz CT molecular complexity index is 3560. The van der Waals surface area contributed by atoms with E-state index in [1.807, 2.05) is 29.1 Å². The Morgan fingerprint density at radius 3 is 1.18 bits per heavy atom. The first-order valence-electron chi connectivity index (χ1n) is 32.5. The number of aryl methyl sites for hydroxylation is 3. The second kappa shape index (κ2) is 27.9. The molecule has 3 saturated heterocycles. The SMILES string of the molecule is C1CCOC1.CC(=O)N1CCn2c(C3CCOC3)nc(N3CCCc4cc(N)c(C(F)F)cc43)c2C1.CC(=O)N1CCn2c(C3CCOC3)nc(N3CCCc4cc(N)c(C(F)F)cc43)c2C1.CC(=O)N1CCn2cnc(N3CCCc4cc(N)c(C(F)F)cc43)c2C1. The molecule has 6 N–H and O–H groups in total. The van der Waals surface area contributed by atoms with Crippen molar-refractivity contribution < 1.29 is 54.9 Å². The summed E-state index contributed by atoms with van der Waals surface area (Å²) in [6, 6.07) is 9.55. The number of ether oxygens (including phenoxy) is 3. The molecule has 9 aliphatic heterocycles. The molecular formula is C66H83F6N15O6. The Kier molecular flexibility index (Phi) is 19.5. The standard InChI is InChI=1S/2C22H27F2N5O2.C18H21F2N5O.C4H8O/c2*1-13(30)27-6-7-29-19(11-27)22(26-21(29)15-4-8-31-12-15)28-5-2-3-14-9-17(25)16(20(23)24)10-18(14)28;1-11(26)23-5-6-24-10-22-18(16(24)9-23)25-4-2-3-12-7-14(21)13(17(19)20)8-15(12)25;1-2-4-5-3-1/h2*9-10,15,20H,2-8,11-12,25H2,1H3;7-8,10,17H,2-6,9,21H2,1H3;1-4H2. The monoisotopic (exact) mass is 1300 g/mol. The predicted octanol–water partition coefficient (Wildman–Crippen LogP) is 10.4. The summed E-state index contributed by atoms with van der Waals surface area (Å²) in [5.41, 5.74) is 25.5. The highest BCUT2D eigenvalue weighted by Crippen LogP contribution is 2.46. The Balaban J connectivity index is 0.000000129. The first-order valence-corrected chi connectivity index (χ1v) is 32.5. The molecule has 0 aliphatic carbocycles. The fraction of sp³-hybridized carbons (Fsp3) is 0.545. The third kappa shape index (κ3) is 13.4. The summed E-state index contributed by atoms with van der Waals surface area (Å²) in [5, 5.41) is 0. The van der Waals surface area contributed by atoms with Gasteiger partial charge in [0.25, 0.3) is 19.3 Å².